The van der Waals surface area contributed by atoms with Gasteiger partial charge in [-0.3, -0.25) is 14.9 Å². The van der Waals surface area contributed by atoms with Gasteiger partial charge in [-0.15, -0.1) is 0 Å². The molecule has 0 saturated carbocycles. The summed E-state index contributed by atoms with van der Waals surface area (Å²) in [6.07, 6.45) is 0.692. The molecule has 0 bridgehead atoms. The summed E-state index contributed by atoms with van der Waals surface area (Å²) in [7, 11) is 1.66. The van der Waals surface area contributed by atoms with Crippen LogP contribution in [-0.2, 0) is 4.74 Å². The fraction of sp³-hybridized carbons (Fsp3) is 0.462. The predicted octanol–water partition coefficient (Wildman–Crippen LogP) is 2.50. The van der Waals surface area contributed by atoms with Gasteiger partial charge in [-0.1, -0.05) is 17.7 Å². The van der Waals surface area contributed by atoms with Crippen LogP contribution in [0.1, 0.15) is 23.7 Å². The molecular weight excluding hydrogens is 284 g/mol. The zero-order valence-electron chi connectivity index (χ0n) is 11.2. The minimum atomic E-state index is -0.597. The summed E-state index contributed by atoms with van der Waals surface area (Å²) in [5, 5.41) is 10.7. The molecule has 0 aliphatic carbocycles. The number of ether oxygens (including phenoxy) is 1. The van der Waals surface area contributed by atoms with E-state index in [0.717, 1.165) is 6.42 Å². The first-order chi connectivity index (χ1) is 9.43. The van der Waals surface area contributed by atoms with Crippen molar-refractivity contribution in [2.75, 3.05) is 13.7 Å². The van der Waals surface area contributed by atoms with E-state index >= 15 is 0 Å². The second-order valence-electron chi connectivity index (χ2n) is 4.74. The lowest BCUT2D eigenvalue weighted by atomic mass is 10.1. The fourth-order valence-electron chi connectivity index (χ4n) is 2.40. The largest absolute Gasteiger partial charge is 0.376 e. The summed E-state index contributed by atoms with van der Waals surface area (Å²) >= 11 is 5.97. The Labute approximate surface area is 121 Å². The monoisotopic (exact) mass is 298 g/mol. The second kappa shape index (κ2) is 5.76. The minimum Gasteiger partial charge on any atom is -0.376 e. The van der Waals surface area contributed by atoms with Crippen LogP contribution in [0, 0.1) is 10.1 Å². The van der Waals surface area contributed by atoms with Crippen LogP contribution in [0.2, 0.25) is 5.02 Å². The average molecular weight is 299 g/mol. The van der Waals surface area contributed by atoms with Crippen molar-refractivity contribution in [1.29, 1.82) is 0 Å². The third-order valence-corrected chi connectivity index (χ3v) is 3.96. The molecule has 1 aromatic carbocycles. The number of amides is 1. The van der Waals surface area contributed by atoms with E-state index in [4.69, 9.17) is 16.3 Å². The second-order valence-corrected chi connectivity index (χ2v) is 5.12. The van der Waals surface area contributed by atoms with Crippen LogP contribution in [0.3, 0.4) is 0 Å². The van der Waals surface area contributed by atoms with Crippen LogP contribution in [-0.4, -0.2) is 41.5 Å². The van der Waals surface area contributed by atoms with Gasteiger partial charge < -0.3 is 9.64 Å². The van der Waals surface area contributed by atoms with Gasteiger partial charge in [0.05, 0.1) is 22.6 Å². The zero-order chi connectivity index (χ0) is 14.9. The van der Waals surface area contributed by atoms with Gasteiger partial charge in [0.2, 0.25) is 0 Å². The Bertz CT molecular complexity index is 549. The van der Waals surface area contributed by atoms with E-state index in [9.17, 15) is 14.9 Å². The van der Waals surface area contributed by atoms with Crippen molar-refractivity contribution >= 4 is 23.2 Å². The molecule has 0 aromatic heterocycles. The van der Waals surface area contributed by atoms with Crippen molar-refractivity contribution in [1.82, 2.24) is 4.90 Å². The van der Waals surface area contributed by atoms with Gasteiger partial charge in [0.15, 0.2) is 0 Å². The summed E-state index contributed by atoms with van der Waals surface area (Å²) in [6, 6.07) is 4.19. The Hall–Kier alpha value is -1.66. The Morgan fingerprint density at radius 2 is 2.25 bits per heavy atom. The number of hydrogen-bond acceptors (Lipinski definition) is 4. The van der Waals surface area contributed by atoms with Gasteiger partial charge in [0, 0.05) is 19.7 Å². The number of benzene rings is 1. The number of carbonyl (C=O) groups is 1. The van der Waals surface area contributed by atoms with Gasteiger partial charge in [-0.25, -0.2) is 0 Å². The van der Waals surface area contributed by atoms with E-state index in [2.05, 4.69) is 0 Å². The number of carbonyl (C=O) groups excluding carboxylic acids is 1. The van der Waals surface area contributed by atoms with Crippen molar-refractivity contribution in [2.45, 2.75) is 25.5 Å². The lowest BCUT2D eigenvalue weighted by molar-refractivity contribution is -0.384. The quantitative estimate of drug-likeness (QED) is 0.635. The molecule has 1 fully saturated rings. The standard InChI is InChI=1S/C13H15ClN2O4/c1-8-10(6-7-20-8)15(2)13(17)9-4-3-5-11(12(9)14)16(18)19/h3-5,8,10H,6-7H2,1-2H3. The number of halogens is 1. The first-order valence-electron chi connectivity index (χ1n) is 6.25. The molecule has 2 unspecified atom stereocenters. The maximum absolute atomic E-state index is 12.4. The highest BCUT2D eigenvalue weighted by Crippen LogP contribution is 2.29. The Morgan fingerprint density at radius 1 is 1.55 bits per heavy atom. The molecule has 1 heterocycles. The summed E-state index contributed by atoms with van der Waals surface area (Å²) in [4.78, 5) is 24.2. The molecule has 2 atom stereocenters. The van der Waals surface area contributed by atoms with Crippen molar-refractivity contribution in [3.63, 3.8) is 0 Å². The molecule has 6 nitrogen and oxygen atoms in total. The molecule has 20 heavy (non-hydrogen) atoms. The molecule has 1 aromatic rings. The topological polar surface area (TPSA) is 72.7 Å². The Kier molecular flexibility index (Phi) is 4.25. The van der Waals surface area contributed by atoms with Crippen LogP contribution in [0.4, 0.5) is 5.69 Å². The fourth-order valence-corrected chi connectivity index (χ4v) is 2.67. The molecule has 0 radical (unpaired) electrons. The highest BCUT2D eigenvalue weighted by Gasteiger charge is 2.32. The molecule has 1 aliphatic heterocycles. The Balaban J connectivity index is 2.29. The minimum absolute atomic E-state index is 0.0437. The molecule has 1 aliphatic rings. The van der Waals surface area contributed by atoms with Crippen molar-refractivity contribution in [2.24, 2.45) is 0 Å². The van der Waals surface area contributed by atoms with E-state index in [1.807, 2.05) is 6.92 Å². The van der Waals surface area contributed by atoms with Crippen LogP contribution in [0.15, 0.2) is 18.2 Å². The van der Waals surface area contributed by atoms with E-state index in [1.54, 1.807) is 11.9 Å². The highest BCUT2D eigenvalue weighted by atomic mass is 35.5. The van der Waals surface area contributed by atoms with Gasteiger partial charge in [0.25, 0.3) is 11.6 Å². The highest BCUT2D eigenvalue weighted by molar-refractivity contribution is 6.35. The molecule has 2 rings (SSSR count). The van der Waals surface area contributed by atoms with Gasteiger partial charge >= 0.3 is 0 Å². The number of rotatable bonds is 3. The molecule has 0 N–H and O–H groups in total. The third kappa shape index (κ3) is 2.62. The SMILES string of the molecule is CC1OCCC1N(C)C(=O)c1cccc([N+](=O)[O-])c1Cl. The first-order valence-corrected chi connectivity index (χ1v) is 6.63. The van der Waals surface area contributed by atoms with E-state index in [0.29, 0.717) is 6.61 Å². The summed E-state index contributed by atoms with van der Waals surface area (Å²) in [5.41, 5.74) is -0.121. The van der Waals surface area contributed by atoms with Gasteiger partial charge in [-0.05, 0) is 19.4 Å². The van der Waals surface area contributed by atoms with Crippen LogP contribution < -0.4 is 0 Å². The number of nitrogens with zero attached hydrogens (tertiary/aromatic N) is 2. The normalized spacial score (nSPS) is 21.8. The maximum Gasteiger partial charge on any atom is 0.288 e. The van der Waals surface area contributed by atoms with Crippen LogP contribution >= 0.6 is 11.6 Å². The number of likely N-dealkylation sites (N-methyl/N-ethyl adjacent to an activating group) is 1. The molecule has 1 saturated heterocycles. The third-order valence-electron chi connectivity index (χ3n) is 3.56. The molecule has 0 spiro atoms. The van der Waals surface area contributed by atoms with E-state index < -0.39 is 4.92 Å². The molecule has 7 heteroatoms. The van der Waals surface area contributed by atoms with Crippen molar-refractivity contribution in [3.8, 4) is 0 Å². The van der Waals surface area contributed by atoms with Crippen molar-refractivity contribution < 1.29 is 14.5 Å². The molecule has 108 valence electrons. The summed E-state index contributed by atoms with van der Waals surface area (Å²) < 4.78 is 5.43. The number of nitro groups is 1. The summed E-state index contributed by atoms with van der Waals surface area (Å²) in [6.45, 7) is 2.50. The van der Waals surface area contributed by atoms with Crippen LogP contribution in [0.25, 0.3) is 0 Å². The Morgan fingerprint density at radius 3 is 2.80 bits per heavy atom. The van der Waals surface area contributed by atoms with Gasteiger partial charge in [0.1, 0.15) is 5.02 Å². The first kappa shape index (κ1) is 14.7. The molecule has 1 amide bonds. The lowest BCUT2D eigenvalue weighted by Crippen LogP contribution is -2.41. The van der Waals surface area contributed by atoms with Gasteiger partial charge in [-0.2, -0.15) is 0 Å². The zero-order valence-corrected chi connectivity index (χ0v) is 12.0. The average Bonchev–Trinajstić information content (AvgIpc) is 2.83. The van der Waals surface area contributed by atoms with E-state index in [1.165, 1.54) is 18.2 Å². The number of hydrogen-bond donors (Lipinski definition) is 0. The molecular formula is C13H15ClN2O4. The van der Waals surface area contributed by atoms with Crippen LogP contribution in [0.5, 0.6) is 0 Å². The predicted molar refractivity (Wildman–Crippen MR) is 74.0 cm³/mol. The van der Waals surface area contributed by atoms with E-state index in [-0.39, 0.29) is 34.3 Å². The van der Waals surface area contributed by atoms with Crippen molar-refractivity contribution in [3.05, 3.63) is 38.9 Å². The number of nitro benzene ring substituents is 1. The summed E-state index contributed by atoms with van der Waals surface area (Å²) in [5.74, 6) is -0.332. The smallest absolute Gasteiger partial charge is 0.288 e. The lowest BCUT2D eigenvalue weighted by Gasteiger charge is -2.27. The maximum atomic E-state index is 12.4.